The molecule has 3 N–H and O–H groups in total. The number of hydrogen-bond donors (Lipinski definition) is 2. The van der Waals surface area contributed by atoms with E-state index < -0.39 is 17.9 Å². The molecule has 29 heavy (non-hydrogen) atoms. The summed E-state index contributed by atoms with van der Waals surface area (Å²) >= 11 is 0. The van der Waals surface area contributed by atoms with Crippen molar-refractivity contribution >= 4 is 17.6 Å². The van der Waals surface area contributed by atoms with E-state index in [9.17, 15) is 13.6 Å². The third kappa shape index (κ3) is 2.72. The van der Waals surface area contributed by atoms with Crippen LogP contribution >= 0.6 is 0 Å². The van der Waals surface area contributed by atoms with Gasteiger partial charge in [0.1, 0.15) is 23.6 Å². The Labute approximate surface area is 164 Å². The van der Waals surface area contributed by atoms with E-state index in [1.54, 1.807) is 12.1 Å². The average molecular weight is 400 g/mol. The molecule has 1 atom stereocenters. The molecule has 3 heterocycles. The van der Waals surface area contributed by atoms with Gasteiger partial charge in [0.2, 0.25) is 0 Å². The summed E-state index contributed by atoms with van der Waals surface area (Å²) in [7, 11) is 0. The number of nitrogens with two attached hydrogens (primary N) is 1. The van der Waals surface area contributed by atoms with Crippen LogP contribution in [0.15, 0.2) is 41.5 Å². The van der Waals surface area contributed by atoms with Crippen LogP contribution in [0, 0.1) is 5.41 Å². The lowest BCUT2D eigenvalue weighted by molar-refractivity contribution is 0.0871. The van der Waals surface area contributed by atoms with E-state index in [-0.39, 0.29) is 22.7 Å². The van der Waals surface area contributed by atoms with Gasteiger partial charge in [-0.1, -0.05) is 0 Å². The molecule has 1 amide bonds. The largest absolute Gasteiger partial charge is 0.493 e. The molecule has 9 heteroatoms. The first-order valence-corrected chi connectivity index (χ1v) is 9.23. The van der Waals surface area contributed by atoms with E-state index in [0.717, 1.165) is 24.6 Å². The maximum absolute atomic E-state index is 12.7. The summed E-state index contributed by atoms with van der Waals surface area (Å²) in [4.78, 5) is 21.0. The maximum atomic E-state index is 12.7. The number of nitrogens with one attached hydrogen (secondary N) is 1. The third-order valence-corrected chi connectivity index (χ3v) is 5.92. The molecule has 2 spiro atoms. The molecule has 1 aromatic carbocycles. The molecule has 7 nitrogen and oxygen atoms in total. The SMILES string of the molecule is NC1=NC2(CO1)c1cc(NC(=O)c3ccc(C(F)F)cn3)ccc1OCC21CC1. The summed E-state index contributed by atoms with van der Waals surface area (Å²) in [5.74, 6) is 0.186. The number of anilines is 1. The van der Waals surface area contributed by atoms with Gasteiger partial charge in [0.15, 0.2) is 0 Å². The van der Waals surface area contributed by atoms with Crippen molar-refractivity contribution in [3.8, 4) is 5.75 Å². The molecule has 1 fully saturated rings. The minimum atomic E-state index is -2.63. The van der Waals surface area contributed by atoms with Crippen LogP contribution in [0.2, 0.25) is 0 Å². The first-order chi connectivity index (χ1) is 13.9. The lowest BCUT2D eigenvalue weighted by atomic mass is 9.74. The Balaban J connectivity index is 1.45. The number of ether oxygens (including phenoxy) is 2. The zero-order valence-electron chi connectivity index (χ0n) is 15.3. The fraction of sp³-hybridized carbons (Fsp3) is 0.350. The molecule has 2 aromatic rings. The molecule has 3 aliphatic rings. The second-order valence-electron chi connectivity index (χ2n) is 7.61. The van der Waals surface area contributed by atoms with Gasteiger partial charge in [-0.15, -0.1) is 0 Å². The summed E-state index contributed by atoms with van der Waals surface area (Å²) in [6.07, 6.45) is 0.292. The number of hydrogen-bond acceptors (Lipinski definition) is 6. The Bertz CT molecular complexity index is 1020. The van der Waals surface area contributed by atoms with Crippen molar-refractivity contribution in [2.45, 2.75) is 24.8 Å². The van der Waals surface area contributed by atoms with Gasteiger partial charge < -0.3 is 20.5 Å². The summed E-state index contributed by atoms with van der Waals surface area (Å²) in [5.41, 5.74) is 6.22. The zero-order valence-corrected chi connectivity index (χ0v) is 15.3. The molecule has 0 radical (unpaired) electrons. The Morgan fingerprint density at radius 2 is 2.00 bits per heavy atom. The van der Waals surface area contributed by atoms with Crippen LogP contribution in [0.25, 0.3) is 0 Å². The molecule has 0 bridgehead atoms. The lowest BCUT2D eigenvalue weighted by Gasteiger charge is -2.39. The molecule has 5 rings (SSSR count). The summed E-state index contributed by atoms with van der Waals surface area (Å²) < 4.78 is 36.8. The fourth-order valence-corrected chi connectivity index (χ4v) is 4.09. The smallest absolute Gasteiger partial charge is 0.283 e. The number of benzene rings is 1. The Hall–Kier alpha value is -3.23. The Morgan fingerprint density at radius 3 is 2.62 bits per heavy atom. The van der Waals surface area contributed by atoms with Crippen molar-refractivity contribution in [3.05, 3.63) is 53.3 Å². The number of fused-ring (bicyclic) bond motifs is 3. The van der Waals surface area contributed by atoms with Crippen LogP contribution in [0.5, 0.6) is 5.75 Å². The van der Waals surface area contributed by atoms with Gasteiger partial charge in [0.25, 0.3) is 18.4 Å². The van der Waals surface area contributed by atoms with Crippen LogP contribution in [-0.4, -0.2) is 30.1 Å². The van der Waals surface area contributed by atoms with Gasteiger partial charge in [-0.05, 0) is 43.2 Å². The topological polar surface area (TPSA) is 98.8 Å². The molecule has 1 aromatic heterocycles. The standard InChI is InChI=1S/C20H18F2N4O3/c21-16(22)11-1-3-14(24-8-11)17(27)25-12-2-4-15-13(7-12)20(10-29-18(23)26-20)19(5-6-19)9-28-15/h1-4,7-8,16H,5-6,9-10H2,(H2,23,26)(H,25,27). The Morgan fingerprint density at radius 1 is 1.17 bits per heavy atom. The first kappa shape index (κ1) is 17.8. The number of aliphatic imine (C=N–C) groups is 1. The van der Waals surface area contributed by atoms with Crippen LogP contribution in [0.4, 0.5) is 14.5 Å². The van der Waals surface area contributed by atoms with E-state index in [0.29, 0.717) is 24.7 Å². The van der Waals surface area contributed by atoms with Gasteiger partial charge in [-0.3, -0.25) is 9.78 Å². The second-order valence-corrected chi connectivity index (χ2v) is 7.61. The van der Waals surface area contributed by atoms with E-state index >= 15 is 0 Å². The van der Waals surface area contributed by atoms with Crippen molar-refractivity contribution in [1.82, 2.24) is 4.98 Å². The number of nitrogens with zero attached hydrogens (tertiary/aromatic N) is 2. The molecular weight excluding hydrogens is 382 g/mol. The van der Waals surface area contributed by atoms with Gasteiger partial charge in [-0.2, -0.15) is 0 Å². The van der Waals surface area contributed by atoms with Crippen molar-refractivity contribution in [1.29, 1.82) is 0 Å². The van der Waals surface area contributed by atoms with Crippen LogP contribution in [0.3, 0.4) is 0 Å². The third-order valence-electron chi connectivity index (χ3n) is 5.92. The second kappa shape index (κ2) is 6.13. The van der Waals surface area contributed by atoms with Crippen LogP contribution < -0.4 is 15.8 Å². The number of amidine groups is 1. The lowest BCUT2D eigenvalue weighted by Crippen LogP contribution is -2.44. The highest BCUT2D eigenvalue weighted by molar-refractivity contribution is 6.03. The molecule has 150 valence electrons. The van der Waals surface area contributed by atoms with Crippen molar-refractivity contribution in [3.63, 3.8) is 0 Å². The summed E-state index contributed by atoms with van der Waals surface area (Å²) in [5, 5.41) is 2.76. The molecular formula is C20H18F2N4O3. The highest BCUT2D eigenvalue weighted by Gasteiger charge is 2.66. The van der Waals surface area contributed by atoms with E-state index in [4.69, 9.17) is 15.2 Å². The van der Waals surface area contributed by atoms with Gasteiger partial charge in [-0.25, -0.2) is 13.8 Å². The van der Waals surface area contributed by atoms with Crippen molar-refractivity contribution < 1.29 is 23.0 Å². The summed E-state index contributed by atoms with van der Waals surface area (Å²) in [6, 6.07) is 7.92. The summed E-state index contributed by atoms with van der Waals surface area (Å²) in [6.45, 7) is 0.884. The maximum Gasteiger partial charge on any atom is 0.283 e. The fourth-order valence-electron chi connectivity index (χ4n) is 4.09. The number of alkyl halides is 2. The minimum absolute atomic E-state index is 0.0446. The van der Waals surface area contributed by atoms with Gasteiger partial charge >= 0.3 is 0 Å². The zero-order chi connectivity index (χ0) is 20.2. The number of rotatable bonds is 3. The molecule has 1 saturated carbocycles. The predicted molar refractivity (Wildman–Crippen MR) is 100 cm³/mol. The van der Waals surface area contributed by atoms with Crippen LogP contribution in [-0.2, 0) is 10.3 Å². The number of carbonyl (C=O) groups is 1. The normalized spacial score (nSPS) is 23.3. The van der Waals surface area contributed by atoms with E-state index in [1.807, 2.05) is 6.07 Å². The number of carbonyl (C=O) groups excluding carboxylic acids is 1. The first-order valence-electron chi connectivity index (χ1n) is 9.23. The number of pyridine rings is 1. The van der Waals surface area contributed by atoms with Gasteiger partial charge in [0, 0.05) is 28.4 Å². The van der Waals surface area contributed by atoms with Crippen LogP contribution in [0.1, 0.15) is 40.9 Å². The number of halogens is 2. The molecule has 1 unspecified atom stereocenters. The molecule has 1 aliphatic carbocycles. The monoisotopic (exact) mass is 400 g/mol. The number of aromatic nitrogens is 1. The van der Waals surface area contributed by atoms with E-state index in [1.165, 1.54) is 12.1 Å². The quantitative estimate of drug-likeness (QED) is 0.825. The van der Waals surface area contributed by atoms with Crippen molar-refractivity contribution in [2.75, 3.05) is 18.5 Å². The number of amides is 1. The molecule has 0 saturated heterocycles. The van der Waals surface area contributed by atoms with Gasteiger partial charge in [0.05, 0.1) is 6.61 Å². The average Bonchev–Trinajstić information content (AvgIpc) is 3.41. The predicted octanol–water partition coefficient (Wildman–Crippen LogP) is 2.98. The highest BCUT2D eigenvalue weighted by atomic mass is 19.3. The van der Waals surface area contributed by atoms with E-state index in [2.05, 4.69) is 15.3 Å². The molecule has 2 aliphatic heterocycles. The minimum Gasteiger partial charge on any atom is -0.493 e. The highest BCUT2D eigenvalue weighted by Crippen LogP contribution is 2.65. The van der Waals surface area contributed by atoms with Crippen molar-refractivity contribution in [2.24, 2.45) is 16.1 Å². The Kier molecular flexibility index (Phi) is 3.77.